The Balaban J connectivity index is 1.94. The van der Waals surface area contributed by atoms with Gasteiger partial charge >= 0.3 is 0 Å². The van der Waals surface area contributed by atoms with Crippen molar-refractivity contribution in [3.8, 4) is 0 Å². The van der Waals surface area contributed by atoms with E-state index < -0.39 is 0 Å². The maximum absolute atomic E-state index is 10.3. The van der Waals surface area contributed by atoms with Gasteiger partial charge in [0.25, 0.3) is 0 Å². The van der Waals surface area contributed by atoms with Gasteiger partial charge in [0, 0.05) is 0 Å². The molecule has 1 fully saturated rings. The van der Waals surface area contributed by atoms with Crippen LogP contribution in [0.25, 0.3) is 0 Å². The molecule has 0 heterocycles. The third-order valence-corrected chi connectivity index (χ3v) is 3.30. The average Bonchev–Trinajstić information content (AvgIpc) is 2.25. The van der Waals surface area contributed by atoms with Crippen molar-refractivity contribution in [2.24, 2.45) is 11.7 Å². The molecule has 1 atom stereocenters. The second-order valence-electron chi connectivity index (χ2n) is 4.59. The fraction of sp³-hybridized carbons (Fsp3) is 0.917. The average molecular weight is 197 g/mol. The predicted octanol–water partition coefficient (Wildman–Crippen LogP) is 2.65. The van der Waals surface area contributed by atoms with Crippen molar-refractivity contribution in [1.82, 2.24) is 0 Å². The summed E-state index contributed by atoms with van der Waals surface area (Å²) in [6.07, 6.45) is 12.6. The van der Waals surface area contributed by atoms with Crippen LogP contribution in [-0.4, -0.2) is 12.3 Å². The van der Waals surface area contributed by atoms with Gasteiger partial charge in [-0.2, -0.15) is 0 Å². The van der Waals surface area contributed by atoms with E-state index in [0.717, 1.165) is 25.0 Å². The summed E-state index contributed by atoms with van der Waals surface area (Å²) in [5.74, 6) is 0.969. The van der Waals surface area contributed by atoms with Gasteiger partial charge in [0.2, 0.25) is 0 Å². The number of aldehydes is 1. The van der Waals surface area contributed by atoms with Crippen LogP contribution >= 0.6 is 0 Å². The van der Waals surface area contributed by atoms with Gasteiger partial charge in [-0.1, -0.05) is 51.4 Å². The van der Waals surface area contributed by atoms with Crippen LogP contribution in [0.3, 0.4) is 0 Å². The van der Waals surface area contributed by atoms with Gasteiger partial charge in [-0.05, 0) is 12.3 Å². The van der Waals surface area contributed by atoms with Gasteiger partial charge < -0.3 is 10.5 Å². The molecule has 0 amide bonds. The smallest absolute Gasteiger partial charge is 0.136 e. The second-order valence-corrected chi connectivity index (χ2v) is 4.59. The molecule has 2 N–H and O–H groups in total. The lowest BCUT2D eigenvalue weighted by Gasteiger charge is -2.21. The van der Waals surface area contributed by atoms with E-state index in [-0.39, 0.29) is 6.04 Å². The van der Waals surface area contributed by atoms with Crippen LogP contribution < -0.4 is 5.73 Å². The van der Waals surface area contributed by atoms with Crippen molar-refractivity contribution < 1.29 is 4.79 Å². The molecule has 1 rings (SSSR count). The van der Waals surface area contributed by atoms with Gasteiger partial charge in [0.1, 0.15) is 6.29 Å². The highest BCUT2D eigenvalue weighted by Gasteiger charge is 2.12. The Morgan fingerprint density at radius 2 is 1.93 bits per heavy atom. The lowest BCUT2D eigenvalue weighted by molar-refractivity contribution is -0.109. The monoisotopic (exact) mass is 197 g/mol. The summed E-state index contributed by atoms with van der Waals surface area (Å²) >= 11 is 0. The molecule has 1 saturated carbocycles. The first-order chi connectivity index (χ1) is 6.83. The summed E-state index contributed by atoms with van der Waals surface area (Å²) < 4.78 is 0. The second kappa shape index (κ2) is 6.99. The molecule has 1 aliphatic rings. The van der Waals surface area contributed by atoms with Crippen molar-refractivity contribution in [1.29, 1.82) is 0 Å². The maximum Gasteiger partial charge on any atom is 0.136 e. The normalized spacial score (nSPS) is 20.6. The fourth-order valence-corrected chi connectivity index (χ4v) is 2.36. The van der Waals surface area contributed by atoms with Crippen LogP contribution in [0.4, 0.5) is 0 Å². The molecule has 0 radical (unpaired) electrons. The molecule has 0 bridgehead atoms. The van der Waals surface area contributed by atoms with E-state index in [0.29, 0.717) is 0 Å². The maximum atomic E-state index is 10.3. The van der Waals surface area contributed by atoms with Crippen LogP contribution in [0.1, 0.15) is 57.8 Å². The third kappa shape index (κ3) is 4.75. The Kier molecular flexibility index (Phi) is 5.85. The summed E-state index contributed by atoms with van der Waals surface area (Å²) in [6, 6.07) is -0.221. The minimum atomic E-state index is -0.221. The highest BCUT2D eigenvalue weighted by Crippen LogP contribution is 2.27. The van der Waals surface area contributed by atoms with Crippen molar-refractivity contribution in [2.45, 2.75) is 63.8 Å². The minimum Gasteiger partial charge on any atom is -0.322 e. The molecule has 2 heteroatoms. The minimum absolute atomic E-state index is 0.221. The van der Waals surface area contributed by atoms with E-state index in [1.165, 1.54) is 44.9 Å². The third-order valence-electron chi connectivity index (χ3n) is 3.30. The molecule has 0 saturated heterocycles. The number of hydrogen-bond donors (Lipinski definition) is 1. The highest BCUT2D eigenvalue weighted by molar-refractivity contribution is 5.56. The zero-order chi connectivity index (χ0) is 10.2. The quantitative estimate of drug-likeness (QED) is 0.525. The molecule has 2 nitrogen and oxygen atoms in total. The Bertz CT molecular complexity index is 152. The summed E-state index contributed by atoms with van der Waals surface area (Å²) in [5.41, 5.74) is 5.52. The lowest BCUT2D eigenvalue weighted by Crippen LogP contribution is -2.20. The molecule has 82 valence electrons. The summed E-state index contributed by atoms with van der Waals surface area (Å²) in [5, 5.41) is 0. The first-order valence-electron chi connectivity index (χ1n) is 6.04. The molecule has 0 spiro atoms. The number of carbonyl (C=O) groups is 1. The predicted molar refractivity (Wildman–Crippen MR) is 59.1 cm³/mol. The van der Waals surface area contributed by atoms with E-state index in [1.807, 2.05) is 0 Å². The summed E-state index contributed by atoms with van der Waals surface area (Å²) in [6.45, 7) is 0. The molecule has 14 heavy (non-hydrogen) atoms. The summed E-state index contributed by atoms with van der Waals surface area (Å²) in [4.78, 5) is 10.3. The van der Waals surface area contributed by atoms with Gasteiger partial charge in [-0.15, -0.1) is 0 Å². The number of rotatable bonds is 6. The van der Waals surface area contributed by atoms with Gasteiger partial charge in [-0.3, -0.25) is 0 Å². The van der Waals surface area contributed by atoms with Crippen LogP contribution in [0.5, 0.6) is 0 Å². The first kappa shape index (κ1) is 11.7. The van der Waals surface area contributed by atoms with Gasteiger partial charge in [-0.25, -0.2) is 0 Å². The van der Waals surface area contributed by atoms with Gasteiger partial charge in [0.05, 0.1) is 6.04 Å². The van der Waals surface area contributed by atoms with E-state index in [1.54, 1.807) is 0 Å². The van der Waals surface area contributed by atoms with Gasteiger partial charge in [0.15, 0.2) is 0 Å². The van der Waals surface area contributed by atoms with E-state index in [9.17, 15) is 4.79 Å². The largest absolute Gasteiger partial charge is 0.322 e. The zero-order valence-corrected chi connectivity index (χ0v) is 9.08. The Morgan fingerprint density at radius 1 is 1.21 bits per heavy atom. The number of hydrogen-bond acceptors (Lipinski definition) is 2. The number of carbonyl (C=O) groups excluding carboxylic acids is 1. The molecular formula is C12H23NO. The van der Waals surface area contributed by atoms with Crippen molar-refractivity contribution in [2.75, 3.05) is 0 Å². The molecule has 0 aliphatic heterocycles. The van der Waals surface area contributed by atoms with Crippen LogP contribution in [0.2, 0.25) is 0 Å². The van der Waals surface area contributed by atoms with Crippen LogP contribution in [-0.2, 0) is 4.79 Å². The van der Waals surface area contributed by atoms with E-state index >= 15 is 0 Å². The van der Waals surface area contributed by atoms with Crippen molar-refractivity contribution in [3.05, 3.63) is 0 Å². The first-order valence-corrected chi connectivity index (χ1v) is 6.04. The van der Waals surface area contributed by atoms with E-state index in [4.69, 9.17) is 5.73 Å². The summed E-state index contributed by atoms with van der Waals surface area (Å²) in [7, 11) is 0. The SMILES string of the molecule is NC(C=O)CCCCC1CCCCC1. The number of unbranched alkanes of at least 4 members (excludes halogenated alkanes) is 1. The molecule has 1 unspecified atom stereocenters. The highest BCUT2D eigenvalue weighted by atomic mass is 16.1. The fourth-order valence-electron chi connectivity index (χ4n) is 2.36. The lowest BCUT2D eigenvalue weighted by atomic mass is 9.85. The van der Waals surface area contributed by atoms with Crippen molar-refractivity contribution >= 4 is 6.29 Å². The molecule has 0 aromatic rings. The molecule has 0 aromatic carbocycles. The zero-order valence-electron chi connectivity index (χ0n) is 9.08. The van der Waals surface area contributed by atoms with Crippen LogP contribution in [0.15, 0.2) is 0 Å². The number of nitrogens with two attached hydrogens (primary N) is 1. The molecular weight excluding hydrogens is 174 g/mol. The van der Waals surface area contributed by atoms with Crippen molar-refractivity contribution in [3.63, 3.8) is 0 Å². The topological polar surface area (TPSA) is 43.1 Å². The Labute approximate surface area is 87.2 Å². The van der Waals surface area contributed by atoms with Crippen LogP contribution in [0, 0.1) is 5.92 Å². The standard InChI is InChI=1S/C12H23NO/c13-12(10-14)9-5-4-8-11-6-2-1-3-7-11/h10-12H,1-9,13H2. The molecule has 0 aromatic heterocycles. The Hall–Kier alpha value is -0.370. The molecule has 1 aliphatic carbocycles. The van der Waals surface area contributed by atoms with E-state index in [2.05, 4.69) is 0 Å². The Morgan fingerprint density at radius 3 is 2.57 bits per heavy atom.